The van der Waals surface area contributed by atoms with E-state index in [9.17, 15) is 0 Å². The molecule has 0 saturated carbocycles. The molecular formula is C19H34NO4P. The molecule has 3 N–H and O–H groups in total. The molecule has 25 heavy (non-hydrogen) atoms. The van der Waals surface area contributed by atoms with Gasteiger partial charge in [-0.3, -0.25) is 4.99 Å². The third kappa shape index (κ3) is 21.0. The van der Waals surface area contributed by atoms with E-state index >= 15 is 0 Å². The highest BCUT2D eigenvalue weighted by Crippen LogP contribution is 2.25. The smallest absolute Gasteiger partial charge is 0.303 e. The first-order valence-electron chi connectivity index (χ1n) is 9.20. The summed E-state index contributed by atoms with van der Waals surface area (Å²) in [6, 6.07) is 8.40. The number of hydrogen-bond acceptors (Lipinski definition) is 2. The fourth-order valence-electron chi connectivity index (χ4n) is 2.35. The van der Waals surface area contributed by atoms with Gasteiger partial charge < -0.3 is 14.7 Å². The number of rotatable bonds is 11. The van der Waals surface area contributed by atoms with Crippen LogP contribution < -0.4 is 0 Å². The summed E-state index contributed by atoms with van der Waals surface area (Å²) in [7, 11) is -4.64. The Morgan fingerprint density at radius 1 is 0.880 bits per heavy atom. The van der Waals surface area contributed by atoms with Gasteiger partial charge >= 0.3 is 7.82 Å². The summed E-state index contributed by atoms with van der Waals surface area (Å²) in [5.74, 6) is 0. The fourth-order valence-corrected chi connectivity index (χ4v) is 2.35. The van der Waals surface area contributed by atoms with Crippen LogP contribution in [-0.4, -0.2) is 20.9 Å². The van der Waals surface area contributed by atoms with Crippen LogP contribution in [0.5, 0.6) is 0 Å². The van der Waals surface area contributed by atoms with Crippen LogP contribution in [-0.2, 0) is 4.57 Å². The molecule has 0 atom stereocenters. The number of nitrogens with zero attached hydrogens (tertiary/aromatic N) is 1. The lowest BCUT2D eigenvalue weighted by atomic mass is 10.1. The van der Waals surface area contributed by atoms with Gasteiger partial charge in [0.1, 0.15) is 0 Å². The topological polar surface area (TPSA) is 90.1 Å². The molecule has 0 radical (unpaired) electrons. The van der Waals surface area contributed by atoms with Crippen LogP contribution in [0.15, 0.2) is 29.3 Å². The third-order valence-electron chi connectivity index (χ3n) is 3.71. The normalized spacial score (nSPS) is 11.4. The van der Waals surface area contributed by atoms with E-state index in [-0.39, 0.29) is 0 Å². The van der Waals surface area contributed by atoms with Gasteiger partial charge in [-0.15, -0.1) is 0 Å². The second kappa shape index (κ2) is 15.3. The lowest BCUT2D eigenvalue weighted by Gasteiger charge is -2.00. The van der Waals surface area contributed by atoms with Crippen molar-refractivity contribution in [1.29, 1.82) is 0 Å². The molecule has 6 heteroatoms. The minimum Gasteiger partial charge on any atom is -0.303 e. The summed E-state index contributed by atoms with van der Waals surface area (Å²) in [6.45, 7) is 4.38. The molecule has 0 amide bonds. The molecule has 0 saturated heterocycles. The Kier molecular flexibility index (Phi) is 14.7. The third-order valence-corrected chi connectivity index (χ3v) is 3.71. The first-order valence-corrected chi connectivity index (χ1v) is 10.8. The highest BCUT2D eigenvalue weighted by molar-refractivity contribution is 7.45. The van der Waals surface area contributed by atoms with Crippen molar-refractivity contribution in [2.24, 2.45) is 4.99 Å². The second-order valence-electron chi connectivity index (χ2n) is 6.28. The predicted molar refractivity (Wildman–Crippen MR) is 105 cm³/mol. The lowest BCUT2D eigenvalue weighted by molar-refractivity contribution is 0.275. The Balaban J connectivity index is 0.00000101. The maximum absolute atomic E-state index is 8.88. The Hall–Kier alpha value is -1.00. The van der Waals surface area contributed by atoms with E-state index in [2.05, 4.69) is 49.3 Å². The molecule has 0 heterocycles. The van der Waals surface area contributed by atoms with Crippen LogP contribution in [0.1, 0.15) is 76.7 Å². The summed E-state index contributed by atoms with van der Waals surface area (Å²) in [5, 5.41) is 0. The zero-order valence-corrected chi connectivity index (χ0v) is 16.5. The highest BCUT2D eigenvalue weighted by Gasteiger charge is 2.00. The van der Waals surface area contributed by atoms with E-state index in [4.69, 9.17) is 19.2 Å². The van der Waals surface area contributed by atoms with Gasteiger partial charge in [0, 0.05) is 6.21 Å². The minimum atomic E-state index is -4.64. The maximum Gasteiger partial charge on any atom is 0.466 e. The monoisotopic (exact) mass is 371 g/mol. The Labute approximate surface area is 152 Å². The van der Waals surface area contributed by atoms with Gasteiger partial charge in [-0.25, -0.2) is 4.57 Å². The van der Waals surface area contributed by atoms with Crippen LogP contribution in [0.2, 0.25) is 0 Å². The summed E-state index contributed by atoms with van der Waals surface area (Å²) in [6.07, 6.45) is 15.7. The van der Waals surface area contributed by atoms with Crippen LogP contribution in [0.3, 0.4) is 0 Å². The molecular weight excluding hydrogens is 337 g/mol. The van der Waals surface area contributed by atoms with Gasteiger partial charge in [-0.1, -0.05) is 76.0 Å². The van der Waals surface area contributed by atoms with Gasteiger partial charge in [-0.2, -0.15) is 0 Å². The number of unbranched alkanes of at least 4 members (excludes halogenated alkanes) is 9. The molecule has 0 bridgehead atoms. The molecule has 0 aliphatic carbocycles. The summed E-state index contributed by atoms with van der Waals surface area (Å²) in [4.78, 5) is 26.1. The Morgan fingerprint density at radius 3 is 1.80 bits per heavy atom. The van der Waals surface area contributed by atoms with Gasteiger partial charge in [0.2, 0.25) is 0 Å². The molecule has 1 aromatic carbocycles. The largest absolute Gasteiger partial charge is 0.466 e. The van der Waals surface area contributed by atoms with Crippen molar-refractivity contribution in [3.63, 3.8) is 0 Å². The maximum atomic E-state index is 8.88. The van der Waals surface area contributed by atoms with Gasteiger partial charge in [0.05, 0.1) is 5.69 Å². The second-order valence-corrected chi connectivity index (χ2v) is 7.30. The van der Waals surface area contributed by atoms with Crippen molar-refractivity contribution in [2.45, 2.75) is 78.1 Å². The van der Waals surface area contributed by atoms with Crippen LogP contribution >= 0.6 is 7.82 Å². The van der Waals surface area contributed by atoms with Crippen molar-refractivity contribution >= 4 is 19.7 Å². The van der Waals surface area contributed by atoms with Gasteiger partial charge in [0.25, 0.3) is 0 Å². The first-order chi connectivity index (χ1) is 11.8. The Morgan fingerprint density at radius 2 is 1.32 bits per heavy atom. The minimum absolute atomic E-state index is 1.08. The zero-order chi connectivity index (χ0) is 19.0. The van der Waals surface area contributed by atoms with Crippen molar-refractivity contribution in [2.75, 3.05) is 0 Å². The average molecular weight is 371 g/mol. The van der Waals surface area contributed by atoms with Crippen LogP contribution in [0, 0.1) is 6.92 Å². The molecule has 0 aliphatic rings. The molecule has 0 unspecified atom stereocenters. The van der Waals surface area contributed by atoms with Gasteiger partial charge in [0.15, 0.2) is 0 Å². The molecule has 1 aromatic rings. The first kappa shape index (κ1) is 24.0. The van der Waals surface area contributed by atoms with Crippen LogP contribution in [0.25, 0.3) is 0 Å². The van der Waals surface area contributed by atoms with E-state index < -0.39 is 7.82 Å². The number of phosphoric acid groups is 1. The van der Waals surface area contributed by atoms with Crippen molar-refractivity contribution in [3.8, 4) is 0 Å². The molecule has 5 nitrogen and oxygen atoms in total. The van der Waals surface area contributed by atoms with E-state index in [1.54, 1.807) is 0 Å². The fraction of sp³-hybridized carbons (Fsp3) is 0.632. The highest BCUT2D eigenvalue weighted by atomic mass is 31.2. The zero-order valence-electron chi connectivity index (χ0n) is 15.6. The molecule has 0 aliphatic heterocycles. The number of aliphatic imine (C=N–C) groups is 1. The molecule has 0 fully saturated rings. The Bertz CT molecular complexity index is 488. The molecule has 0 spiro atoms. The SMILES string of the molecule is CCCCCCCCCCCC=Nc1ccc(C)cc1.O=P(O)(O)O. The average Bonchev–Trinajstić information content (AvgIpc) is 2.53. The molecule has 0 aromatic heterocycles. The summed E-state index contributed by atoms with van der Waals surface area (Å²) >= 11 is 0. The van der Waals surface area contributed by atoms with E-state index in [0.717, 1.165) is 12.1 Å². The standard InChI is InChI=1S/C19H31N.H3O4P/c1-3-4-5-6-7-8-9-10-11-12-17-20-19-15-13-18(2)14-16-19;1-5(2,3)4/h13-17H,3-12H2,1-2H3;(H3,1,2,3,4). The van der Waals surface area contributed by atoms with Crippen LogP contribution in [0.4, 0.5) is 5.69 Å². The quantitative estimate of drug-likeness (QED) is 0.265. The van der Waals surface area contributed by atoms with Crippen molar-refractivity contribution in [1.82, 2.24) is 0 Å². The van der Waals surface area contributed by atoms with E-state index in [1.807, 2.05) is 0 Å². The predicted octanol–water partition coefficient (Wildman–Crippen LogP) is 5.69. The number of hydrogen-bond donors (Lipinski definition) is 3. The van der Waals surface area contributed by atoms with Crippen molar-refractivity contribution < 1.29 is 19.2 Å². The van der Waals surface area contributed by atoms with E-state index in [1.165, 1.54) is 63.4 Å². The van der Waals surface area contributed by atoms with E-state index in [0.29, 0.717) is 0 Å². The summed E-state index contributed by atoms with van der Waals surface area (Å²) in [5.41, 5.74) is 2.37. The summed E-state index contributed by atoms with van der Waals surface area (Å²) < 4.78 is 8.88. The molecule has 1 rings (SSSR count). The number of aryl methyl sites for hydroxylation is 1. The van der Waals surface area contributed by atoms with Gasteiger partial charge in [-0.05, 0) is 31.9 Å². The lowest BCUT2D eigenvalue weighted by Crippen LogP contribution is -1.82. The molecule has 144 valence electrons. The number of benzene rings is 1. The van der Waals surface area contributed by atoms with Crippen molar-refractivity contribution in [3.05, 3.63) is 29.8 Å².